The Balaban J connectivity index is 1.93. The van der Waals surface area contributed by atoms with E-state index in [0.29, 0.717) is 6.42 Å². The van der Waals surface area contributed by atoms with Crippen LogP contribution < -0.4 is 5.32 Å². The quantitative estimate of drug-likeness (QED) is 0.524. The molecule has 2 rings (SSSR count). The van der Waals surface area contributed by atoms with Gasteiger partial charge >= 0.3 is 0 Å². The van der Waals surface area contributed by atoms with Gasteiger partial charge in [0.15, 0.2) is 5.79 Å². The van der Waals surface area contributed by atoms with Crippen LogP contribution in [0.25, 0.3) is 0 Å². The van der Waals surface area contributed by atoms with Crippen LogP contribution in [0.1, 0.15) is 18.9 Å². The monoisotopic (exact) mass is 235 g/mol. The van der Waals surface area contributed by atoms with E-state index in [1.54, 1.807) is 0 Å². The number of carbonyl (C=O) groups excluding carboxylic acids is 1. The first-order valence-electron chi connectivity index (χ1n) is 5.77. The fraction of sp³-hybridized carbons (Fsp3) is 0.462. The van der Waals surface area contributed by atoms with E-state index >= 15 is 0 Å². The van der Waals surface area contributed by atoms with Gasteiger partial charge in [-0.1, -0.05) is 30.3 Å². The molecule has 1 saturated heterocycles. The van der Waals surface area contributed by atoms with Gasteiger partial charge < -0.3 is 15.5 Å². The maximum Gasteiger partial charge on any atom is 0.225 e. The second-order valence-electron chi connectivity index (χ2n) is 4.71. The van der Waals surface area contributed by atoms with Crippen LogP contribution in [0.4, 0.5) is 0 Å². The summed E-state index contributed by atoms with van der Waals surface area (Å²) in [7, 11) is 0. The van der Waals surface area contributed by atoms with E-state index in [0.717, 1.165) is 12.0 Å². The van der Waals surface area contributed by atoms with Gasteiger partial charge in [-0.3, -0.25) is 4.79 Å². The number of nitrogens with one attached hydrogen (secondary N) is 1. The highest BCUT2D eigenvalue weighted by Crippen LogP contribution is 2.27. The lowest BCUT2D eigenvalue weighted by molar-refractivity contribution is -0.200. The van der Waals surface area contributed by atoms with Crippen molar-refractivity contribution in [2.75, 3.05) is 0 Å². The zero-order valence-electron chi connectivity index (χ0n) is 9.76. The number of amides is 1. The topological polar surface area (TPSA) is 69.6 Å². The van der Waals surface area contributed by atoms with Crippen molar-refractivity contribution in [3.8, 4) is 0 Å². The average molecular weight is 235 g/mol. The van der Waals surface area contributed by atoms with Crippen LogP contribution in [0.2, 0.25) is 0 Å². The normalized spacial score (nSPS) is 24.1. The third-order valence-electron chi connectivity index (χ3n) is 3.21. The van der Waals surface area contributed by atoms with E-state index in [-0.39, 0.29) is 11.8 Å². The molecule has 1 heterocycles. The van der Waals surface area contributed by atoms with Crippen LogP contribution in [0.15, 0.2) is 30.3 Å². The van der Waals surface area contributed by atoms with Gasteiger partial charge in [-0.15, -0.1) is 0 Å². The Morgan fingerprint density at radius 1 is 1.29 bits per heavy atom. The number of carbonyl (C=O) groups is 1. The number of rotatable bonds is 4. The van der Waals surface area contributed by atoms with Crippen molar-refractivity contribution >= 4 is 5.91 Å². The first-order valence-corrected chi connectivity index (χ1v) is 5.77. The molecule has 0 spiro atoms. The van der Waals surface area contributed by atoms with Gasteiger partial charge in [-0.25, -0.2) is 0 Å². The molecule has 0 aliphatic carbocycles. The lowest BCUT2D eigenvalue weighted by atomic mass is 9.81. The second kappa shape index (κ2) is 4.47. The van der Waals surface area contributed by atoms with Crippen molar-refractivity contribution in [1.29, 1.82) is 0 Å². The van der Waals surface area contributed by atoms with Gasteiger partial charge in [0, 0.05) is 0 Å². The Bertz CT molecular complexity index is 397. The smallest absolute Gasteiger partial charge is 0.225 e. The van der Waals surface area contributed by atoms with E-state index in [4.69, 9.17) is 0 Å². The standard InChI is InChI=1S/C13H17NO3/c1-13(16,17)11-10(12(15)14-11)8-7-9-5-3-2-4-6-9/h2-6,10-11,16-17H,7-8H2,1H3,(H,14,15)/t10-,11+/m1/s1. The summed E-state index contributed by atoms with van der Waals surface area (Å²) in [6, 6.07) is 9.30. The Morgan fingerprint density at radius 3 is 2.47 bits per heavy atom. The number of hydrogen-bond donors (Lipinski definition) is 3. The fourth-order valence-corrected chi connectivity index (χ4v) is 2.20. The zero-order valence-corrected chi connectivity index (χ0v) is 9.76. The lowest BCUT2D eigenvalue weighted by Gasteiger charge is -2.42. The SMILES string of the molecule is CC(O)(O)[C@H]1NC(=O)[C@@H]1CCc1ccccc1. The first-order chi connectivity index (χ1) is 7.98. The van der Waals surface area contributed by atoms with Gasteiger partial charge in [0.05, 0.1) is 12.0 Å². The molecule has 0 aromatic heterocycles. The summed E-state index contributed by atoms with van der Waals surface area (Å²) >= 11 is 0. The Morgan fingerprint density at radius 2 is 1.94 bits per heavy atom. The van der Waals surface area contributed by atoms with Crippen LogP contribution >= 0.6 is 0 Å². The van der Waals surface area contributed by atoms with Crippen molar-refractivity contribution in [1.82, 2.24) is 5.32 Å². The van der Waals surface area contributed by atoms with Gasteiger partial charge in [-0.05, 0) is 25.3 Å². The Labute approximate surface area is 100 Å². The van der Waals surface area contributed by atoms with E-state index in [1.807, 2.05) is 30.3 Å². The van der Waals surface area contributed by atoms with Crippen LogP contribution in [-0.2, 0) is 11.2 Å². The molecule has 2 atom stereocenters. The summed E-state index contributed by atoms with van der Waals surface area (Å²) in [5, 5.41) is 21.5. The number of benzene rings is 1. The molecule has 17 heavy (non-hydrogen) atoms. The van der Waals surface area contributed by atoms with Crippen LogP contribution in [0.5, 0.6) is 0 Å². The minimum Gasteiger partial charge on any atom is -0.364 e. The molecule has 3 N–H and O–H groups in total. The molecular formula is C13H17NO3. The van der Waals surface area contributed by atoms with Gasteiger partial charge in [-0.2, -0.15) is 0 Å². The van der Waals surface area contributed by atoms with Crippen molar-refractivity contribution in [3.63, 3.8) is 0 Å². The maximum absolute atomic E-state index is 11.4. The van der Waals surface area contributed by atoms with E-state index in [9.17, 15) is 15.0 Å². The average Bonchev–Trinajstić information content (AvgIpc) is 2.26. The molecule has 4 heteroatoms. The molecule has 1 amide bonds. The minimum absolute atomic E-state index is 0.0970. The fourth-order valence-electron chi connectivity index (χ4n) is 2.20. The van der Waals surface area contributed by atoms with Gasteiger partial charge in [0.25, 0.3) is 0 Å². The van der Waals surface area contributed by atoms with Crippen molar-refractivity contribution in [3.05, 3.63) is 35.9 Å². The predicted molar refractivity (Wildman–Crippen MR) is 63.0 cm³/mol. The lowest BCUT2D eigenvalue weighted by Crippen LogP contribution is -2.67. The maximum atomic E-state index is 11.4. The van der Waals surface area contributed by atoms with Crippen LogP contribution in [-0.4, -0.2) is 27.9 Å². The summed E-state index contributed by atoms with van der Waals surface area (Å²) in [5.74, 6) is -2.25. The third-order valence-corrected chi connectivity index (χ3v) is 3.21. The molecule has 1 aliphatic rings. The van der Waals surface area contributed by atoms with Crippen molar-refractivity contribution in [2.24, 2.45) is 5.92 Å². The molecule has 1 aromatic rings. The third kappa shape index (κ3) is 2.65. The van der Waals surface area contributed by atoms with Gasteiger partial charge in [0.1, 0.15) is 0 Å². The number of hydrogen-bond acceptors (Lipinski definition) is 3. The number of aliphatic hydroxyl groups is 2. The summed E-state index contributed by atoms with van der Waals surface area (Å²) in [5.41, 5.74) is 1.16. The first kappa shape index (κ1) is 12.1. The van der Waals surface area contributed by atoms with Crippen molar-refractivity contribution in [2.45, 2.75) is 31.6 Å². The van der Waals surface area contributed by atoms with Crippen LogP contribution in [0.3, 0.4) is 0 Å². The van der Waals surface area contributed by atoms with Crippen molar-refractivity contribution < 1.29 is 15.0 Å². The molecule has 1 aromatic carbocycles. The molecular weight excluding hydrogens is 218 g/mol. The van der Waals surface area contributed by atoms with E-state index in [2.05, 4.69) is 5.32 Å². The minimum atomic E-state index is -1.84. The highest BCUT2D eigenvalue weighted by Gasteiger charge is 2.48. The second-order valence-corrected chi connectivity index (χ2v) is 4.71. The molecule has 0 radical (unpaired) electrons. The molecule has 1 fully saturated rings. The summed E-state index contributed by atoms with van der Waals surface area (Å²) in [6.45, 7) is 1.30. The zero-order chi connectivity index (χ0) is 12.5. The molecule has 1 aliphatic heterocycles. The Hall–Kier alpha value is -1.39. The van der Waals surface area contributed by atoms with Crippen LogP contribution in [0, 0.1) is 5.92 Å². The molecule has 0 saturated carbocycles. The molecule has 0 unspecified atom stereocenters. The highest BCUT2D eigenvalue weighted by molar-refractivity contribution is 5.86. The number of aryl methyl sites for hydroxylation is 1. The van der Waals surface area contributed by atoms with E-state index in [1.165, 1.54) is 6.92 Å². The largest absolute Gasteiger partial charge is 0.364 e. The molecule has 0 bridgehead atoms. The Kier molecular flexibility index (Phi) is 3.17. The van der Waals surface area contributed by atoms with Gasteiger partial charge in [0.2, 0.25) is 5.91 Å². The van der Waals surface area contributed by atoms with E-state index < -0.39 is 11.8 Å². The summed E-state index contributed by atoms with van der Waals surface area (Å²) in [6.07, 6.45) is 1.41. The molecule has 4 nitrogen and oxygen atoms in total. The summed E-state index contributed by atoms with van der Waals surface area (Å²) in [4.78, 5) is 11.4. The molecule has 92 valence electrons. The number of β-lactam (4-membered cyclic amide) rings is 1. The highest BCUT2D eigenvalue weighted by atomic mass is 16.5. The predicted octanol–water partition coefficient (Wildman–Crippen LogP) is 0.435. The summed E-state index contributed by atoms with van der Waals surface area (Å²) < 4.78 is 0.